The first-order valence-electron chi connectivity index (χ1n) is 13.7. The Hall–Kier alpha value is -1.47. The van der Waals surface area contributed by atoms with Crippen molar-refractivity contribution in [1.29, 1.82) is 0 Å². The highest BCUT2D eigenvalue weighted by molar-refractivity contribution is 5.88. The largest absolute Gasteiger partial charge is 0.457 e. The van der Waals surface area contributed by atoms with Crippen LogP contribution in [-0.4, -0.2) is 40.5 Å². The predicted molar refractivity (Wildman–Crippen MR) is 133 cm³/mol. The average molecular weight is 487 g/mol. The van der Waals surface area contributed by atoms with Gasteiger partial charge in [0.25, 0.3) is 5.78 Å². The van der Waals surface area contributed by atoms with E-state index in [0.717, 1.165) is 38.5 Å². The molecule has 0 bridgehead atoms. The maximum atomic E-state index is 11.9. The van der Waals surface area contributed by atoms with E-state index in [1.165, 1.54) is 64.2 Å². The summed E-state index contributed by atoms with van der Waals surface area (Å²) in [6.45, 7) is 3.54. The molecule has 200 valence electrons. The molecule has 0 amide bonds. The molecule has 0 aromatic carbocycles. The zero-order valence-electron chi connectivity index (χ0n) is 21.8. The van der Waals surface area contributed by atoms with Gasteiger partial charge in [0.15, 0.2) is 6.61 Å². The van der Waals surface area contributed by atoms with Crippen molar-refractivity contribution in [3.05, 3.63) is 0 Å². The Kier molecular flexibility index (Phi) is 21.1. The van der Waals surface area contributed by atoms with E-state index in [1.54, 1.807) is 0 Å². The summed E-state index contributed by atoms with van der Waals surface area (Å²) in [6, 6.07) is 0. The monoisotopic (exact) mass is 486 g/mol. The summed E-state index contributed by atoms with van der Waals surface area (Å²) in [5, 5.41) is 19.5. The third kappa shape index (κ3) is 20.0. The lowest BCUT2D eigenvalue weighted by molar-refractivity contribution is -0.298. The van der Waals surface area contributed by atoms with Crippen LogP contribution in [0.15, 0.2) is 0 Å². The van der Waals surface area contributed by atoms with Gasteiger partial charge in [-0.3, -0.25) is 14.4 Å². The van der Waals surface area contributed by atoms with Crippen LogP contribution < -0.4 is 0 Å². The summed E-state index contributed by atoms with van der Waals surface area (Å²) in [5.74, 6) is -5.97. The fraction of sp³-hybridized carbons (Fsp3) is 0.889. The molecular formula is C27H50O7. The van der Waals surface area contributed by atoms with Crippen molar-refractivity contribution in [2.45, 2.75) is 148 Å². The molecule has 0 aliphatic heterocycles. The van der Waals surface area contributed by atoms with Gasteiger partial charge in [-0.2, -0.15) is 0 Å². The van der Waals surface area contributed by atoms with E-state index in [-0.39, 0.29) is 12.8 Å². The van der Waals surface area contributed by atoms with Gasteiger partial charge in [0.1, 0.15) is 0 Å². The number of rotatable bonds is 24. The fourth-order valence-electron chi connectivity index (χ4n) is 3.74. The Labute approximate surface area is 207 Å². The van der Waals surface area contributed by atoms with Crippen LogP contribution >= 0.6 is 0 Å². The van der Waals surface area contributed by atoms with Gasteiger partial charge >= 0.3 is 17.9 Å². The minimum Gasteiger partial charge on any atom is -0.457 e. The molecule has 0 saturated carbocycles. The van der Waals surface area contributed by atoms with Gasteiger partial charge in [-0.05, 0) is 12.8 Å². The van der Waals surface area contributed by atoms with Crippen molar-refractivity contribution in [3.8, 4) is 0 Å². The number of hydrogen-bond acceptors (Lipinski definition) is 7. The van der Waals surface area contributed by atoms with Crippen molar-refractivity contribution >= 4 is 17.7 Å². The molecule has 0 saturated heterocycles. The highest BCUT2D eigenvalue weighted by atomic mass is 16.8. The molecule has 7 heteroatoms. The van der Waals surface area contributed by atoms with E-state index >= 15 is 0 Å². The first-order valence-corrected chi connectivity index (χ1v) is 13.7. The molecular weight excluding hydrogens is 436 g/mol. The number of ether oxygens (including phenoxy) is 2. The number of ketones is 1. The van der Waals surface area contributed by atoms with Crippen molar-refractivity contribution < 1.29 is 34.1 Å². The number of unbranched alkanes of at least 4 members (excludes halogenated alkanes) is 16. The number of aliphatic hydroxyl groups is 2. The molecule has 0 aliphatic rings. The highest BCUT2D eigenvalue weighted by Crippen LogP contribution is 2.14. The molecule has 0 aromatic heterocycles. The van der Waals surface area contributed by atoms with E-state index in [9.17, 15) is 24.6 Å². The lowest BCUT2D eigenvalue weighted by Crippen LogP contribution is -2.45. The number of esters is 2. The van der Waals surface area contributed by atoms with Crippen LogP contribution in [-0.2, 0) is 23.9 Å². The van der Waals surface area contributed by atoms with Gasteiger partial charge in [-0.25, -0.2) is 0 Å². The highest BCUT2D eigenvalue weighted by Gasteiger charge is 2.38. The van der Waals surface area contributed by atoms with Gasteiger partial charge in [0.2, 0.25) is 0 Å². The zero-order valence-corrected chi connectivity index (χ0v) is 21.8. The molecule has 0 unspecified atom stereocenters. The van der Waals surface area contributed by atoms with Crippen LogP contribution in [0.25, 0.3) is 0 Å². The first-order chi connectivity index (χ1) is 16.3. The zero-order chi connectivity index (χ0) is 25.5. The SMILES string of the molecule is CCCCCCCCCCCC(=O)OCC(=O)C(O)(O)OC(=O)CCCCCCCCCCC. The summed E-state index contributed by atoms with van der Waals surface area (Å²) < 4.78 is 9.30. The number of hydrogen-bond donors (Lipinski definition) is 2. The molecule has 0 fully saturated rings. The van der Waals surface area contributed by atoms with Crippen molar-refractivity contribution in [2.24, 2.45) is 0 Å². The second-order valence-corrected chi connectivity index (χ2v) is 9.32. The topological polar surface area (TPSA) is 110 Å². The summed E-state index contributed by atoms with van der Waals surface area (Å²) in [4.78, 5) is 35.5. The summed E-state index contributed by atoms with van der Waals surface area (Å²) >= 11 is 0. The third-order valence-electron chi connectivity index (χ3n) is 5.95. The molecule has 0 heterocycles. The second kappa shape index (κ2) is 22.0. The molecule has 0 aliphatic carbocycles. The molecule has 0 rings (SSSR count). The van der Waals surface area contributed by atoms with E-state index < -0.39 is 30.3 Å². The van der Waals surface area contributed by atoms with E-state index in [1.807, 2.05) is 0 Å². The molecule has 34 heavy (non-hydrogen) atoms. The Balaban J connectivity index is 3.80. The maximum Gasteiger partial charge on any atom is 0.391 e. The van der Waals surface area contributed by atoms with Gasteiger partial charge in [0, 0.05) is 12.8 Å². The first kappa shape index (κ1) is 32.5. The number of Topliss-reactive ketones (excluding diaryl/α,β-unsaturated/α-hetero) is 1. The summed E-state index contributed by atoms with van der Waals surface area (Å²) in [7, 11) is 0. The molecule has 2 N–H and O–H groups in total. The van der Waals surface area contributed by atoms with E-state index in [0.29, 0.717) is 12.8 Å². The quantitative estimate of drug-likeness (QED) is 0.0960. The summed E-state index contributed by atoms with van der Waals surface area (Å²) in [5.41, 5.74) is 0. The van der Waals surface area contributed by atoms with Crippen LogP contribution in [0, 0.1) is 0 Å². The normalized spacial score (nSPS) is 11.4. The minimum atomic E-state index is -3.27. The summed E-state index contributed by atoms with van der Waals surface area (Å²) in [6.07, 6.45) is 20.0. The average Bonchev–Trinajstić information content (AvgIpc) is 2.80. The third-order valence-corrected chi connectivity index (χ3v) is 5.95. The number of carbonyl (C=O) groups excluding carboxylic acids is 3. The van der Waals surface area contributed by atoms with E-state index in [2.05, 4.69) is 18.6 Å². The van der Waals surface area contributed by atoms with Gasteiger partial charge in [-0.15, -0.1) is 0 Å². The molecule has 0 aromatic rings. The van der Waals surface area contributed by atoms with Crippen molar-refractivity contribution in [2.75, 3.05) is 6.61 Å². The van der Waals surface area contributed by atoms with Crippen molar-refractivity contribution in [3.63, 3.8) is 0 Å². The standard InChI is InChI=1S/C27H50O7/c1-3-5-7-9-11-13-15-17-19-21-25(29)33-23-24(28)27(31,32)34-26(30)22-20-18-16-14-12-10-8-6-4-2/h31-32H,3-23H2,1-2H3. The number of carbonyl (C=O) groups is 3. The van der Waals surface area contributed by atoms with Gasteiger partial charge in [0.05, 0.1) is 0 Å². The maximum absolute atomic E-state index is 11.9. The lowest BCUT2D eigenvalue weighted by atomic mass is 10.1. The van der Waals surface area contributed by atoms with Gasteiger partial charge in [-0.1, -0.05) is 117 Å². The van der Waals surface area contributed by atoms with Crippen LogP contribution in [0.2, 0.25) is 0 Å². The van der Waals surface area contributed by atoms with Crippen molar-refractivity contribution in [1.82, 2.24) is 0 Å². The van der Waals surface area contributed by atoms with Crippen LogP contribution in [0.1, 0.15) is 142 Å². The lowest BCUT2D eigenvalue weighted by Gasteiger charge is -2.19. The molecule has 0 radical (unpaired) electrons. The predicted octanol–water partition coefficient (Wildman–Crippen LogP) is 6.12. The Morgan fingerprint density at radius 1 is 0.559 bits per heavy atom. The Bertz CT molecular complexity index is 531. The smallest absolute Gasteiger partial charge is 0.391 e. The van der Waals surface area contributed by atoms with Crippen LogP contribution in [0.5, 0.6) is 0 Å². The molecule has 0 atom stereocenters. The minimum absolute atomic E-state index is 0.00434. The Morgan fingerprint density at radius 2 is 0.912 bits per heavy atom. The fourth-order valence-corrected chi connectivity index (χ4v) is 3.74. The van der Waals surface area contributed by atoms with Gasteiger partial charge < -0.3 is 19.7 Å². The second-order valence-electron chi connectivity index (χ2n) is 9.32. The molecule has 7 nitrogen and oxygen atoms in total. The van der Waals surface area contributed by atoms with Crippen LogP contribution in [0.4, 0.5) is 0 Å². The Morgan fingerprint density at radius 3 is 1.32 bits per heavy atom. The molecule has 0 spiro atoms. The van der Waals surface area contributed by atoms with Crippen LogP contribution in [0.3, 0.4) is 0 Å². The van der Waals surface area contributed by atoms with E-state index in [4.69, 9.17) is 4.74 Å².